The lowest BCUT2D eigenvalue weighted by Gasteiger charge is -2.32. The standard InChI is InChI=1S/C22H28N6O/c1-22(2,3)21-25-24-19-10-9-18(26-28(19)21)23-15-16-11-13-27(14-12-16)20(29)17-7-5-4-6-8-17/h4-10,16H,11-15H2,1-3H3,(H,23,26). The molecule has 2 aromatic heterocycles. The summed E-state index contributed by atoms with van der Waals surface area (Å²) in [5, 5.41) is 16.6. The minimum absolute atomic E-state index is 0.122. The van der Waals surface area contributed by atoms with Gasteiger partial charge in [-0.3, -0.25) is 4.79 Å². The van der Waals surface area contributed by atoms with E-state index < -0.39 is 0 Å². The topological polar surface area (TPSA) is 75.4 Å². The summed E-state index contributed by atoms with van der Waals surface area (Å²) in [6.07, 6.45) is 1.99. The van der Waals surface area contributed by atoms with Gasteiger partial charge in [-0.2, -0.15) is 4.52 Å². The molecular weight excluding hydrogens is 364 g/mol. The van der Waals surface area contributed by atoms with Crippen LogP contribution in [-0.2, 0) is 5.41 Å². The molecular formula is C22H28N6O. The fourth-order valence-corrected chi connectivity index (χ4v) is 3.70. The SMILES string of the molecule is CC(C)(C)c1nnc2ccc(NCC3CCN(C(=O)c4ccccc4)CC3)nn12. The van der Waals surface area contributed by atoms with Gasteiger partial charge in [-0.25, -0.2) is 0 Å². The van der Waals surface area contributed by atoms with Gasteiger partial charge in [0.2, 0.25) is 0 Å². The van der Waals surface area contributed by atoms with Crippen LogP contribution in [0.25, 0.3) is 5.65 Å². The smallest absolute Gasteiger partial charge is 0.253 e. The summed E-state index contributed by atoms with van der Waals surface area (Å²) in [5.41, 5.74) is 1.40. The van der Waals surface area contributed by atoms with Gasteiger partial charge in [0, 0.05) is 30.6 Å². The van der Waals surface area contributed by atoms with E-state index in [0.717, 1.165) is 55.3 Å². The number of likely N-dealkylation sites (tertiary alicyclic amines) is 1. The average molecular weight is 393 g/mol. The molecule has 1 aliphatic heterocycles. The summed E-state index contributed by atoms with van der Waals surface area (Å²) in [7, 11) is 0. The molecule has 4 rings (SSSR count). The van der Waals surface area contributed by atoms with Crippen molar-refractivity contribution in [1.82, 2.24) is 24.7 Å². The molecule has 29 heavy (non-hydrogen) atoms. The molecule has 0 aliphatic carbocycles. The lowest BCUT2D eigenvalue weighted by Crippen LogP contribution is -2.39. The van der Waals surface area contributed by atoms with Gasteiger partial charge in [-0.05, 0) is 43.0 Å². The number of hydrogen-bond acceptors (Lipinski definition) is 5. The maximum Gasteiger partial charge on any atom is 0.253 e. The maximum absolute atomic E-state index is 12.6. The van der Waals surface area contributed by atoms with Gasteiger partial charge in [0.05, 0.1) is 0 Å². The fraction of sp³-hybridized carbons (Fsp3) is 0.455. The maximum atomic E-state index is 12.6. The van der Waals surface area contributed by atoms with Crippen molar-refractivity contribution < 1.29 is 4.79 Å². The van der Waals surface area contributed by atoms with Crippen LogP contribution in [0, 0.1) is 5.92 Å². The number of hydrogen-bond donors (Lipinski definition) is 1. The van der Waals surface area contributed by atoms with Gasteiger partial charge in [0.15, 0.2) is 11.5 Å². The highest BCUT2D eigenvalue weighted by atomic mass is 16.2. The monoisotopic (exact) mass is 392 g/mol. The quantitative estimate of drug-likeness (QED) is 0.737. The van der Waals surface area contributed by atoms with E-state index in [0.29, 0.717) is 5.92 Å². The number of rotatable bonds is 4. The predicted molar refractivity (Wildman–Crippen MR) is 113 cm³/mol. The Morgan fingerprint density at radius 1 is 1.07 bits per heavy atom. The van der Waals surface area contributed by atoms with E-state index in [1.54, 1.807) is 0 Å². The Balaban J connectivity index is 1.34. The molecule has 1 aliphatic rings. The van der Waals surface area contributed by atoms with Gasteiger partial charge in [-0.15, -0.1) is 15.3 Å². The van der Waals surface area contributed by atoms with Crippen LogP contribution in [0.3, 0.4) is 0 Å². The van der Waals surface area contributed by atoms with E-state index in [-0.39, 0.29) is 11.3 Å². The number of aromatic nitrogens is 4. The Hall–Kier alpha value is -2.96. The fourth-order valence-electron chi connectivity index (χ4n) is 3.70. The molecule has 0 radical (unpaired) electrons. The molecule has 0 unspecified atom stereocenters. The second-order valence-electron chi connectivity index (χ2n) is 8.74. The van der Waals surface area contributed by atoms with Crippen LogP contribution in [-0.4, -0.2) is 50.3 Å². The molecule has 3 heterocycles. The van der Waals surface area contributed by atoms with Crippen LogP contribution < -0.4 is 5.32 Å². The zero-order chi connectivity index (χ0) is 20.4. The molecule has 1 aromatic carbocycles. The Kier molecular flexibility index (Phi) is 5.22. The third kappa shape index (κ3) is 4.23. The average Bonchev–Trinajstić information content (AvgIpc) is 3.16. The number of nitrogens with one attached hydrogen (secondary N) is 1. The molecule has 1 saturated heterocycles. The van der Waals surface area contributed by atoms with Crippen molar-refractivity contribution >= 4 is 17.4 Å². The van der Waals surface area contributed by atoms with Crippen LogP contribution >= 0.6 is 0 Å². The molecule has 1 fully saturated rings. The molecule has 0 bridgehead atoms. The molecule has 0 spiro atoms. The number of anilines is 1. The first-order valence-corrected chi connectivity index (χ1v) is 10.2. The predicted octanol–water partition coefficient (Wildman–Crippen LogP) is 3.39. The molecule has 7 nitrogen and oxygen atoms in total. The van der Waals surface area contributed by atoms with Crippen molar-refractivity contribution in [3.05, 3.63) is 53.9 Å². The number of carbonyl (C=O) groups excluding carboxylic acids is 1. The zero-order valence-electron chi connectivity index (χ0n) is 17.3. The van der Waals surface area contributed by atoms with E-state index >= 15 is 0 Å². The van der Waals surface area contributed by atoms with Crippen molar-refractivity contribution in [2.45, 2.75) is 39.0 Å². The number of benzene rings is 1. The van der Waals surface area contributed by atoms with Crippen LogP contribution in [0.4, 0.5) is 5.82 Å². The Morgan fingerprint density at radius 2 is 1.79 bits per heavy atom. The number of nitrogens with zero attached hydrogens (tertiary/aromatic N) is 5. The van der Waals surface area contributed by atoms with Crippen molar-refractivity contribution in [2.75, 3.05) is 25.0 Å². The van der Waals surface area contributed by atoms with Crippen LogP contribution in [0.15, 0.2) is 42.5 Å². The second kappa shape index (κ2) is 7.81. The third-order valence-corrected chi connectivity index (χ3v) is 5.43. The molecule has 1 amide bonds. The number of fused-ring (bicyclic) bond motifs is 1. The van der Waals surface area contributed by atoms with Crippen molar-refractivity contribution in [3.63, 3.8) is 0 Å². The van der Waals surface area contributed by atoms with Gasteiger partial charge in [-0.1, -0.05) is 39.0 Å². The van der Waals surface area contributed by atoms with Crippen LogP contribution in [0.1, 0.15) is 49.8 Å². The lowest BCUT2D eigenvalue weighted by atomic mass is 9.96. The van der Waals surface area contributed by atoms with Crippen molar-refractivity contribution in [2.24, 2.45) is 5.92 Å². The third-order valence-electron chi connectivity index (χ3n) is 5.43. The normalized spacial score (nSPS) is 15.6. The summed E-state index contributed by atoms with van der Waals surface area (Å²) in [4.78, 5) is 14.5. The molecule has 1 N–H and O–H groups in total. The van der Waals surface area contributed by atoms with Crippen LogP contribution in [0.5, 0.6) is 0 Å². The minimum atomic E-state index is -0.122. The summed E-state index contributed by atoms with van der Waals surface area (Å²) in [6, 6.07) is 13.4. The van der Waals surface area contributed by atoms with E-state index in [2.05, 4.69) is 41.4 Å². The van der Waals surface area contributed by atoms with Gasteiger partial charge < -0.3 is 10.2 Å². The molecule has 152 valence electrons. The highest BCUT2D eigenvalue weighted by molar-refractivity contribution is 5.94. The van der Waals surface area contributed by atoms with Gasteiger partial charge >= 0.3 is 0 Å². The zero-order valence-corrected chi connectivity index (χ0v) is 17.3. The number of piperidine rings is 1. The Bertz CT molecular complexity index is 983. The van der Waals surface area contributed by atoms with E-state index in [4.69, 9.17) is 0 Å². The van der Waals surface area contributed by atoms with Crippen molar-refractivity contribution in [3.8, 4) is 0 Å². The van der Waals surface area contributed by atoms with E-state index in [9.17, 15) is 4.79 Å². The van der Waals surface area contributed by atoms with E-state index in [1.807, 2.05) is 51.9 Å². The Morgan fingerprint density at radius 3 is 2.48 bits per heavy atom. The summed E-state index contributed by atoms with van der Waals surface area (Å²) in [5.74, 6) is 2.33. The summed E-state index contributed by atoms with van der Waals surface area (Å²) in [6.45, 7) is 8.76. The van der Waals surface area contributed by atoms with E-state index in [1.165, 1.54) is 0 Å². The first kappa shape index (κ1) is 19.4. The van der Waals surface area contributed by atoms with Crippen LogP contribution in [0.2, 0.25) is 0 Å². The molecule has 3 aromatic rings. The first-order chi connectivity index (χ1) is 13.9. The first-order valence-electron chi connectivity index (χ1n) is 10.2. The second-order valence-corrected chi connectivity index (χ2v) is 8.74. The van der Waals surface area contributed by atoms with Gasteiger partial charge in [0.1, 0.15) is 5.82 Å². The minimum Gasteiger partial charge on any atom is -0.368 e. The summed E-state index contributed by atoms with van der Waals surface area (Å²) >= 11 is 0. The molecule has 7 heteroatoms. The Labute approximate surface area is 171 Å². The van der Waals surface area contributed by atoms with Crippen molar-refractivity contribution in [1.29, 1.82) is 0 Å². The lowest BCUT2D eigenvalue weighted by molar-refractivity contribution is 0.0695. The largest absolute Gasteiger partial charge is 0.368 e. The highest BCUT2D eigenvalue weighted by Gasteiger charge is 2.24. The molecule has 0 saturated carbocycles. The number of amides is 1. The number of carbonyl (C=O) groups is 1. The highest BCUT2D eigenvalue weighted by Crippen LogP contribution is 2.22. The molecule has 0 atom stereocenters. The summed E-state index contributed by atoms with van der Waals surface area (Å²) < 4.78 is 1.82. The van der Waals surface area contributed by atoms with Gasteiger partial charge in [0.25, 0.3) is 5.91 Å².